The second-order valence-electron chi connectivity index (χ2n) is 2.94. The van der Waals surface area contributed by atoms with Gasteiger partial charge < -0.3 is 5.32 Å². The Hall–Kier alpha value is -0.610. The van der Waals surface area contributed by atoms with E-state index in [1.165, 1.54) is 0 Å². The Bertz CT molecular complexity index is 144. The molecular formula is C8H16N2O2. The Morgan fingerprint density at radius 3 is 3.17 bits per heavy atom. The van der Waals surface area contributed by atoms with E-state index in [1.54, 1.807) is 0 Å². The average Bonchev–Trinajstić information content (AvgIpc) is 2.15. The molecule has 70 valence electrons. The molecule has 1 heterocycles. The van der Waals surface area contributed by atoms with Crippen molar-refractivity contribution >= 4 is 5.91 Å². The van der Waals surface area contributed by atoms with Crippen LogP contribution in [0.25, 0.3) is 0 Å². The standard InChI is InChI=1S/C8H16N2O2/c1-2-12-10-8(11)7-4-3-5-9-6-7/h7,9H,2-6H2,1H3,(H,10,11)/t7-/m1/s1. The molecule has 12 heavy (non-hydrogen) atoms. The van der Waals surface area contributed by atoms with Crippen molar-refractivity contribution in [2.45, 2.75) is 19.8 Å². The molecule has 4 heteroatoms. The van der Waals surface area contributed by atoms with Crippen LogP contribution >= 0.6 is 0 Å². The third-order valence-electron chi connectivity index (χ3n) is 1.98. The van der Waals surface area contributed by atoms with E-state index in [4.69, 9.17) is 4.84 Å². The van der Waals surface area contributed by atoms with Gasteiger partial charge >= 0.3 is 0 Å². The zero-order chi connectivity index (χ0) is 8.81. The van der Waals surface area contributed by atoms with Gasteiger partial charge in [-0.15, -0.1) is 0 Å². The van der Waals surface area contributed by atoms with Gasteiger partial charge in [0.05, 0.1) is 12.5 Å². The number of nitrogens with one attached hydrogen (secondary N) is 2. The molecule has 0 unspecified atom stereocenters. The van der Waals surface area contributed by atoms with Gasteiger partial charge in [0.2, 0.25) is 5.91 Å². The summed E-state index contributed by atoms with van der Waals surface area (Å²) in [4.78, 5) is 16.1. The minimum Gasteiger partial charge on any atom is -0.316 e. The van der Waals surface area contributed by atoms with Crippen LogP contribution in [0.4, 0.5) is 0 Å². The summed E-state index contributed by atoms with van der Waals surface area (Å²) >= 11 is 0. The molecule has 1 aliphatic heterocycles. The molecule has 1 fully saturated rings. The number of rotatable bonds is 3. The molecule has 0 spiro atoms. The highest BCUT2D eigenvalue weighted by Gasteiger charge is 2.20. The summed E-state index contributed by atoms with van der Waals surface area (Å²) < 4.78 is 0. The summed E-state index contributed by atoms with van der Waals surface area (Å²) in [6.45, 7) is 4.17. The van der Waals surface area contributed by atoms with E-state index in [0.717, 1.165) is 25.9 Å². The predicted octanol–water partition coefficient (Wildman–Crippen LogP) is 0.0537. The van der Waals surface area contributed by atoms with Crippen LogP contribution < -0.4 is 10.8 Å². The summed E-state index contributed by atoms with van der Waals surface area (Å²) in [6, 6.07) is 0. The summed E-state index contributed by atoms with van der Waals surface area (Å²) in [5, 5.41) is 3.18. The highest BCUT2D eigenvalue weighted by atomic mass is 16.6. The molecule has 0 saturated carbocycles. The van der Waals surface area contributed by atoms with Crippen LogP contribution in [-0.4, -0.2) is 25.6 Å². The zero-order valence-electron chi connectivity index (χ0n) is 7.43. The third-order valence-corrected chi connectivity index (χ3v) is 1.98. The summed E-state index contributed by atoms with van der Waals surface area (Å²) in [6.07, 6.45) is 2.04. The lowest BCUT2D eigenvalue weighted by molar-refractivity contribution is -0.137. The van der Waals surface area contributed by atoms with E-state index >= 15 is 0 Å². The fraction of sp³-hybridized carbons (Fsp3) is 0.875. The maximum Gasteiger partial charge on any atom is 0.247 e. The maximum absolute atomic E-state index is 11.3. The smallest absolute Gasteiger partial charge is 0.247 e. The largest absolute Gasteiger partial charge is 0.316 e. The van der Waals surface area contributed by atoms with E-state index in [1.807, 2.05) is 6.92 Å². The summed E-state index contributed by atoms with van der Waals surface area (Å²) in [5.74, 6) is 0.0920. The van der Waals surface area contributed by atoms with Crippen molar-refractivity contribution in [2.24, 2.45) is 5.92 Å². The first-order chi connectivity index (χ1) is 5.84. The third kappa shape index (κ3) is 2.79. The zero-order valence-corrected chi connectivity index (χ0v) is 7.43. The molecule has 0 aromatic carbocycles. The summed E-state index contributed by atoms with van der Waals surface area (Å²) in [5.41, 5.74) is 2.42. The number of carbonyl (C=O) groups is 1. The van der Waals surface area contributed by atoms with Crippen molar-refractivity contribution in [3.63, 3.8) is 0 Å². The Kier molecular flexibility index (Phi) is 4.04. The van der Waals surface area contributed by atoms with E-state index in [-0.39, 0.29) is 11.8 Å². The van der Waals surface area contributed by atoms with Crippen molar-refractivity contribution in [3.8, 4) is 0 Å². The van der Waals surface area contributed by atoms with E-state index in [9.17, 15) is 4.79 Å². The molecule has 4 nitrogen and oxygen atoms in total. The van der Waals surface area contributed by atoms with Crippen molar-refractivity contribution in [3.05, 3.63) is 0 Å². The Morgan fingerprint density at radius 1 is 1.75 bits per heavy atom. The van der Waals surface area contributed by atoms with Crippen LogP contribution in [0.5, 0.6) is 0 Å². The number of carbonyl (C=O) groups excluding carboxylic acids is 1. The number of amides is 1. The molecule has 1 atom stereocenters. The van der Waals surface area contributed by atoms with Crippen LogP contribution in [-0.2, 0) is 9.63 Å². The van der Waals surface area contributed by atoms with Gasteiger partial charge in [-0.3, -0.25) is 9.63 Å². The molecule has 1 amide bonds. The molecule has 2 N–H and O–H groups in total. The van der Waals surface area contributed by atoms with Crippen LogP contribution in [0.15, 0.2) is 0 Å². The molecule has 1 saturated heterocycles. The highest BCUT2D eigenvalue weighted by Crippen LogP contribution is 2.09. The van der Waals surface area contributed by atoms with Crippen LogP contribution in [0.3, 0.4) is 0 Å². The fourth-order valence-corrected chi connectivity index (χ4v) is 1.30. The highest BCUT2D eigenvalue weighted by molar-refractivity contribution is 5.77. The Balaban J connectivity index is 2.20. The lowest BCUT2D eigenvalue weighted by Gasteiger charge is -2.21. The molecule has 1 rings (SSSR count). The van der Waals surface area contributed by atoms with Gasteiger partial charge in [0.25, 0.3) is 0 Å². The molecule has 0 bridgehead atoms. The lowest BCUT2D eigenvalue weighted by Crippen LogP contribution is -2.40. The topological polar surface area (TPSA) is 50.4 Å². The number of hydrogen-bond donors (Lipinski definition) is 2. The fourth-order valence-electron chi connectivity index (χ4n) is 1.30. The van der Waals surface area contributed by atoms with Gasteiger partial charge in [-0.25, -0.2) is 5.48 Å². The van der Waals surface area contributed by atoms with Gasteiger partial charge in [-0.2, -0.15) is 0 Å². The number of hydroxylamine groups is 1. The second kappa shape index (κ2) is 5.11. The molecular weight excluding hydrogens is 156 g/mol. The maximum atomic E-state index is 11.3. The average molecular weight is 172 g/mol. The number of piperidine rings is 1. The Labute approximate surface area is 72.6 Å². The minimum absolute atomic E-state index is 0.00375. The van der Waals surface area contributed by atoms with Crippen molar-refractivity contribution in [2.75, 3.05) is 19.7 Å². The van der Waals surface area contributed by atoms with Gasteiger partial charge in [-0.1, -0.05) is 0 Å². The normalized spacial score (nSPS) is 23.6. The first-order valence-corrected chi connectivity index (χ1v) is 4.47. The Morgan fingerprint density at radius 2 is 2.58 bits per heavy atom. The van der Waals surface area contributed by atoms with Gasteiger partial charge in [-0.05, 0) is 26.3 Å². The van der Waals surface area contributed by atoms with E-state index in [2.05, 4.69) is 10.8 Å². The molecule has 0 aromatic heterocycles. The van der Waals surface area contributed by atoms with Crippen LogP contribution in [0.2, 0.25) is 0 Å². The second-order valence-corrected chi connectivity index (χ2v) is 2.94. The predicted molar refractivity (Wildman–Crippen MR) is 45.4 cm³/mol. The number of hydrogen-bond acceptors (Lipinski definition) is 3. The van der Waals surface area contributed by atoms with Crippen LogP contribution in [0.1, 0.15) is 19.8 Å². The van der Waals surface area contributed by atoms with E-state index < -0.39 is 0 Å². The molecule has 0 radical (unpaired) electrons. The van der Waals surface area contributed by atoms with Gasteiger partial charge in [0, 0.05) is 6.54 Å². The van der Waals surface area contributed by atoms with Crippen molar-refractivity contribution < 1.29 is 9.63 Å². The lowest BCUT2D eigenvalue weighted by atomic mass is 9.99. The van der Waals surface area contributed by atoms with Gasteiger partial charge in [0.15, 0.2) is 0 Å². The van der Waals surface area contributed by atoms with Crippen LogP contribution in [0, 0.1) is 5.92 Å². The van der Waals surface area contributed by atoms with Gasteiger partial charge in [0.1, 0.15) is 0 Å². The van der Waals surface area contributed by atoms with Crippen molar-refractivity contribution in [1.82, 2.24) is 10.8 Å². The first kappa shape index (κ1) is 9.48. The molecule has 0 aromatic rings. The molecule has 1 aliphatic rings. The quantitative estimate of drug-likeness (QED) is 0.592. The summed E-state index contributed by atoms with van der Waals surface area (Å²) in [7, 11) is 0. The SMILES string of the molecule is CCONC(=O)[C@@H]1CCCNC1. The monoisotopic (exact) mass is 172 g/mol. The minimum atomic E-state index is 0.00375. The first-order valence-electron chi connectivity index (χ1n) is 4.47. The van der Waals surface area contributed by atoms with Crippen molar-refractivity contribution in [1.29, 1.82) is 0 Å². The molecule has 0 aliphatic carbocycles. The van der Waals surface area contributed by atoms with E-state index in [0.29, 0.717) is 6.61 Å².